The van der Waals surface area contributed by atoms with Gasteiger partial charge in [0, 0.05) is 17.8 Å². The summed E-state index contributed by atoms with van der Waals surface area (Å²) in [4.78, 5) is 11.7. The van der Waals surface area contributed by atoms with E-state index in [1.54, 1.807) is 24.3 Å². The van der Waals surface area contributed by atoms with Gasteiger partial charge in [-0.1, -0.05) is 0 Å². The van der Waals surface area contributed by atoms with Crippen LogP contribution in [0.25, 0.3) is 0 Å². The van der Waals surface area contributed by atoms with E-state index >= 15 is 0 Å². The normalized spacial score (nSPS) is 11.2. The van der Waals surface area contributed by atoms with Crippen LogP contribution >= 0.6 is 0 Å². The van der Waals surface area contributed by atoms with Crippen molar-refractivity contribution in [1.29, 1.82) is 0 Å². The smallest absolute Gasteiger partial charge is 0.193 e. The van der Waals surface area contributed by atoms with Crippen LogP contribution in [0.15, 0.2) is 24.3 Å². The highest BCUT2D eigenvalue weighted by molar-refractivity contribution is 6.01. The van der Waals surface area contributed by atoms with Gasteiger partial charge in [-0.2, -0.15) is 0 Å². The van der Waals surface area contributed by atoms with E-state index in [1.165, 1.54) is 13.8 Å². The molecule has 16 heavy (non-hydrogen) atoms. The summed E-state index contributed by atoms with van der Waals surface area (Å²) in [5, 5.41) is 21.2. The average Bonchev–Trinajstić information content (AvgIpc) is 2.25. The van der Waals surface area contributed by atoms with E-state index in [9.17, 15) is 9.90 Å². The number of Topliss-reactive ketones (excluding diaryl/α,β-unsaturated/α-hetero) is 1. The summed E-state index contributed by atoms with van der Waals surface area (Å²) in [6.45, 7) is 3.46. The van der Waals surface area contributed by atoms with Crippen LogP contribution in [0.1, 0.15) is 24.2 Å². The monoisotopic (exact) mass is 223 g/mol. The molecule has 0 saturated carbocycles. The minimum atomic E-state index is -1.35. The van der Waals surface area contributed by atoms with Gasteiger partial charge in [0.05, 0.1) is 6.61 Å². The maximum Gasteiger partial charge on any atom is 0.193 e. The molecule has 4 nitrogen and oxygen atoms in total. The summed E-state index contributed by atoms with van der Waals surface area (Å²) in [5.74, 6) is -0.304. The first-order chi connectivity index (χ1) is 7.45. The van der Waals surface area contributed by atoms with E-state index in [-0.39, 0.29) is 12.4 Å². The highest BCUT2D eigenvalue weighted by atomic mass is 16.3. The van der Waals surface area contributed by atoms with Crippen LogP contribution in [-0.4, -0.2) is 34.7 Å². The molecule has 0 aliphatic carbocycles. The lowest BCUT2D eigenvalue weighted by molar-refractivity contribution is 0.0488. The molecule has 3 N–H and O–H groups in total. The van der Waals surface area contributed by atoms with Crippen LogP contribution in [0.2, 0.25) is 0 Å². The maximum absolute atomic E-state index is 11.7. The van der Waals surface area contributed by atoms with Crippen LogP contribution < -0.4 is 5.32 Å². The summed E-state index contributed by atoms with van der Waals surface area (Å²) >= 11 is 0. The fourth-order valence-corrected chi connectivity index (χ4v) is 1.29. The topological polar surface area (TPSA) is 69.6 Å². The van der Waals surface area contributed by atoms with Gasteiger partial charge in [-0.15, -0.1) is 0 Å². The summed E-state index contributed by atoms with van der Waals surface area (Å²) in [6.07, 6.45) is 0. The minimum absolute atomic E-state index is 0.0599. The van der Waals surface area contributed by atoms with E-state index in [4.69, 9.17) is 5.11 Å². The van der Waals surface area contributed by atoms with E-state index in [0.717, 1.165) is 5.69 Å². The molecule has 1 rings (SSSR count). The predicted octanol–water partition coefficient (Wildman–Crippen LogP) is 1.04. The van der Waals surface area contributed by atoms with Crippen LogP contribution in [0.3, 0.4) is 0 Å². The van der Waals surface area contributed by atoms with Crippen LogP contribution in [-0.2, 0) is 0 Å². The van der Waals surface area contributed by atoms with Gasteiger partial charge in [-0.25, -0.2) is 0 Å². The van der Waals surface area contributed by atoms with Gasteiger partial charge in [0.25, 0.3) is 0 Å². The highest BCUT2D eigenvalue weighted by Gasteiger charge is 2.24. The molecule has 0 fully saturated rings. The number of hydrogen-bond acceptors (Lipinski definition) is 4. The first kappa shape index (κ1) is 12.7. The van der Waals surface area contributed by atoms with E-state index in [2.05, 4.69) is 5.32 Å². The van der Waals surface area contributed by atoms with Crippen molar-refractivity contribution in [1.82, 2.24) is 0 Å². The third-order valence-corrected chi connectivity index (χ3v) is 2.14. The fourth-order valence-electron chi connectivity index (χ4n) is 1.29. The number of anilines is 1. The van der Waals surface area contributed by atoms with Crippen molar-refractivity contribution >= 4 is 11.5 Å². The fraction of sp³-hybridized carbons (Fsp3) is 0.417. The summed E-state index contributed by atoms with van der Waals surface area (Å²) in [7, 11) is 0. The lowest BCUT2D eigenvalue weighted by atomic mass is 9.97. The molecule has 0 aromatic heterocycles. The van der Waals surface area contributed by atoms with Crippen molar-refractivity contribution in [3.63, 3.8) is 0 Å². The second-order valence-corrected chi connectivity index (χ2v) is 4.12. The van der Waals surface area contributed by atoms with Gasteiger partial charge in [-0.3, -0.25) is 4.79 Å². The number of aliphatic hydroxyl groups is 2. The maximum atomic E-state index is 11.7. The molecule has 0 saturated heterocycles. The number of carbonyl (C=O) groups is 1. The van der Waals surface area contributed by atoms with Crippen LogP contribution in [0.5, 0.6) is 0 Å². The zero-order valence-corrected chi connectivity index (χ0v) is 9.53. The van der Waals surface area contributed by atoms with E-state index < -0.39 is 5.60 Å². The Morgan fingerprint density at radius 3 is 2.31 bits per heavy atom. The summed E-state index contributed by atoms with van der Waals surface area (Å²) < 4.78 is 0. The predicted molar refractivity (Wildman–Crippen MR) is 62.6 cm³/mol. The molecule has 0 radical (unpaired) electrons. The zero-order chi connectivity index (χ0) is 12.2. The lowest BCUT2D eigenvalue weighted by Gasteiger charge is -2.15. The Kier molecular flexibility index (Phi) is 4.04. The molecule has 0 amide bonds. The Labute approximate surface area is 94.9 Å². The average molecular weight is 223 g/mol. The number of hydrogen-bond donors (Lipinski definition) is 3. The Balaban J connectivity index is 2.75. The second-order valence-electron chi connectivity index (χ2n) is 4.12. The summed E-state index contributed by atoms with van der Waals surface area (Å²) in [6, 6.07) is 6.79. The third kappa shape index (κ3) is 3.32. The number of benzene rings is 1. The molecule has 0 aliphatic heterocycles. The number of rotatable bonds is 5. The van der Waals surface area contributed by atoms with Gasteiger partial charge >= 0.3 is 0 Å². The van der Waals surface area contributed by atoms with Crippen LogP contribution in [0.4, 0.5) is 5.69 Å². The molecule has 1 aromatic rings. The molecule has 4 heteroatoms. The quantitative estimate of drug-likeness (QED) is 0.652. The first-order valence-electron chi connectivity index (χ1n) is 5.17. The van der Waals surface area contributed by atoms with Gasteiger partial charge in [0.15, 0.2) is 5.78 Å². The zero-order valence-electron chi connectivity index (χ0n) is 9.53. The SMILES string of the molecule is CC(C)(O)C(=O)c1ccc(NCCO)cc1. The second kappa shape index (κ2) is 5.09. The van der Waals surface area contributed by atoms with Crippen molar-refractivity contribution in [2.75, 3.05) is 18.5 Å². The molecule has 0 heterocycles. The van der Waals surface area contributed by atoms with Crippen molar-refractivity contribution in [2.45, 2.75) is 19.4 Å². The molecule has 0 unspecified atom stereocenters. The van der Waals surface area contributed by atoms with Gasteiger partial charge < -0.3 is 15.5 Å². The Hall–Kier alpha value is -1.39. The number of aliphatic hydroxyl groups excluding tert-OH is 1. The first-order valence-corrected chi connectivity index (χ1v) is 5.17. The number of carbonyl (C=O) groups excluding carboxylic acids is 1. The van der Waals surface area contributed by atoms with Gasteiger partial charge in [0.2, 0.25) is 0 Å². The Morgan fingerprint density at radius 1 is 1.31 bits per heavy atom. The van der Waals surface area contributed by atoms with Crippen LogP contribution in [0, 0.1) is 0 Å². The number of nitrogens with one attached hydrogen (secondary N) is 1. The van der Waals surface area contributed by atoms with Crippen molar-refractivity contribution < 1.29 is 15.0 Å². The molecular weight excluding hydrogens is 206 g/mol. The standard InChI is InChI=1S/C12H17NO3/c1-12(2,16)11(15)9-3-5-10(6-4-9)13-7-8-14/h3-6,13-14,16H,7-8H2,1-2H3. The molecule has 0 atom stereocenters. The molecule has 0 spiro atoms. The molecule has 0 aliphatic rings. The highest BCUT2D eigenvalue weighted by Crippen LogP contribution is 2.15. The van der Waals surface area contributed by atoms with Crippen molar-refractivity contribution in [3.05, 3.63) is 29.8 Å². The van der Waals surface area contributed by atoms with Crippen molar-refractivity contribution in [2.24, 2.45) is 0 Å². The van der Waals surface area contributed by atoms with Crippen molar-refractivity contribution in [3.8, 4) is 0 Å². The molecule has 88 valence electrons. The molecule has 0 bridgehead atoms. The molecular formula is C12H17NO3. The van der Waals surface area contributed by atoms with E-state index in [0.29, 0.717) is 12.1 Å². The third-order valence-electron chi connectivity index (χ3n) is 2.14. The summed E-state index contributed by atoms with van der Waals surface area (Å²) in [5.41, 5.74) is -0.0385. The lowest BCUT2D eigenvalue weighted by Crippen LogP contribution is -2.31. The Morgan fingerprint density at radius 2 is 1.88 bits per heavy atom. The largest absolute Gasteiger partial charge is 0.395 e. The van der Waals surface area contributed by atoms with Gasteiger partial charge in [0.1, 0.15) is 5.60 Å². The minimum Gasteiger partial charge on any atom is -0.395 e. The molecule has 1 aromatic carbocycles. The van der Waals surface area contributed by atoms with Gasteiger partial charge in [-0.05, 0) is 38.1 Å². The van der Waals surface area contributed by atoms with E-state index in [1.807, 2.05) is 0 Å². The number of ketones is 1. The Bertz CT molecular complexity index is 352.